The number of aromatic nitrogens is 3. The highest BCUT2D eigenvalue weighted by atomic mass is 32.1. The SMILES string of the molecule is CN(Cc1cc(=O)n2ncsc2n1)C1CCCCC1CN. The Labute approximate surface area is 127 Å². The molecular weight excluding hydrogens is 286 g/mol. The summed E-state index contributed by atoms with van der Waals surface area (Å²) in [6, 6.07) is 2.08. The van der Waals surface area contributed by atoms with Crippen molar-refractivity contribution < 1.29 is 0 Å². The Morgan fingerprint density at radius 3 is 3.10 bits per heavy atom. The zero-order valence-corrected chi connectivity index (χ0v) is 13.1. The van der Waals surface area contributed by atoms with E-state index in [1.165, 1.54) is 41.5 Å². The fourth-order valence-electron chi connectivity index (χ4n) is 3.30. The second-order valence-electron chi connectivity index (χ2n) is 5.78. The summed E-state index contributed by atoms with van der Waals surface area (Å²) in [5, 5.41) is 3.98. The molecule has 1 fully saturated rings. The van der Waals surface area contributed by atoms with Gasteiger partial charge in [-0.05, 0) is 32.4 Å². The van der Waals surface area contributed by atoms with Gasteiger partial charge in [0, 0.05) is 18.7 Å². The van der Waals surface area contributed by atoms with Gasteiger partial charge in [0.15, 0.2) is 0 Å². The zero-order chi connectivity index (χ0) is 14.8. The molecule has 0 bridgehead atoms. The fourth-order valence-corrected chi connectivity index (χ4v) is 3.94. The largest absolute Gasteiger partial charge is 0.330 e. The summed E-state index contributed by atoms with van der Waals surface area (Å²) in [7, 11) is 2.11. The van der Waals surface area contributed by atoms with Gasteiger partial charge in [0.2, 0.25) is 4.96 Å². The minimum Gasteiger partial charge on any atom is -0.330 e. The summed E-state index contributed by atoms with van der Waals surface area (Å²) in [5.41, 5.74) is 8.25. The van der Waals surface area contributed by atoms with Crippen LogP contribution >= 0.6 is 11.3 Å². The van der Waals surface area contributed by atoms with Gasteiger partial charge >= 0.3 is 0 Å². The van der Waals surface area contributed by atoms with Crippen LogP contribution in [0.25, 0.3) is 4.96 Å². The van der Waals surface area contributed by atoms with Crippen molar-refractivity contribution in [3.63, 3.8) is 0 Å². The van der Waals surface area contributed by atoms with Crippen molar-refractivity contribution in [3.05, 3.63) is 27.6 Å². The molecule has 0 aliphatic heterocycles. The monoisotopic (exact) mass is 307 g/mol. The quantitative estimate of drug-likeness (QED) is 0.915. The molecule has 2 unspecified atom stereocenters. The van der Waals surface area contributed by atoms with Gasteiger partial charge in [-0.15, -0.1) is 0 Å². The molecule has 2 heterocycles. The molecule has 2 N–H and O–H groups in total. The van der Waals surface area contributed by atoms with Crippen molar-refractivity contribution in [2.45, 2.75) is 38.3 Å². The molecule has 2 aromatic rings. The molecular formula is C14H21N5OS. The van der Waals surface area contributed by atoms with Crippen molar-refractivity contribution in [1.82, 2.24) is 19.5 Å². The fraction of sp³-hybridized carbons (Fsp3) is 0.643. The maximum absolute atomic E-state index is 12.0. The number of rotatable bonds is 4. The van der Waals surface area contributed by atoms with Crippen LogP contribution in [0.4, 0.5) is 0 Å². The maximum Gasteiger partial charge on any atom is 0.275 e. The Morgan fingerprint density at radius 1 is 1.48 bits per heavy atom. The Morgan fingerprint density at radius 2 is 2.29 bits per heavy atom. The molecule has 7 heteroatoms. The highest BCUT2D eigenvalue weighted by molar-refractivity contribution is 7.14. The van der Waals surface area contributed by atoms with E-state index in [9.17, 15) is 4.79 Å². The first-order valence-corrected chi connectivity index (χ1v) is 8.30. The normalized spacial score (nSPS) is 23.0. The van der Waals surface area contributed by atoms with Crippen LogP contribution in [0.3, 0.4) is 0 Å². The number of nitrogens with zero attached hydrogens (tertiary/aromatic N) is 4. The van der Waals surface area contributed by atoms with Gasteiger partial charge in [0.25, 0.3) is 5.56 Å². The van der Waals surface area contributed by atoms with E-state index in [2.05, 4.69) is 22.0 Å². The van der Waals surface area contributed by atoms with Gasteiger partial charge in [0.1, 0.15) is 5.51 Å². The van der Waals surface area contributed by atoms with E-state index < -0.39 is 0 Å². The van der Waals surface area contributed by atoms with Gasteiger partial charge in [-0.25, -0.2) is 4.98 Å². The number of nitrogens with two attached hydrogens (primary N) is 1. The van der Waals surface area contributed by atoms with E-state index in [0.29, 0.717) is 23.5 Å². The maximum atomic E-state index is 12.0. The zero-order valence-electron chi connectivity index (χ0n) is 12.2. The van der Waals surface area contributed by atoms with Gasteiger partial charge in [-0.3, -0.25) is 9.69 Å². The third kappa shape index (κ3) is 3.00. The van der Waals surface area contributed by atoms with E-state index in [-0.39, 0.29) is 5.56 Å². The smallest absolute Gasteiger partial charge is 0.275 e. The molecule has 1 aliphatic carbocycles. The van der Waals surface area contributed by atoms with Crippen molar-refractivity contribution in [1.29, 1.82) is 0 Å². The van der Waals surface area contributed by atoms with Crippen molar-refractivity contribution in [3.8, 4) is 0 Å². The topological polar surface area (TPSA) is 76.5 Å². The van der Waals surface area contributed by atoms with Crippen LogP contribution in [-0.4, -0.2) is 39.1 Å². The lowest BCUT2D eigenvalue weighted by Crippen LogP contribution is -2.42. The number of hydrogen-bond donors (Lipinski definition) is 1. The molecule has 0 radical (unpaired) electrons. The summed E-state index contributed by atoms with van der Waals surface area (Å²) < 4.78 is 1.34. The third-order valence-electron chi connectivity index (χ3n) is 4.39. The Balaban J connectivity index is 1.78. The standard InChI is InChI=1S/C14H21N5OS/c1-18(12-5-3-2-4-10(12)7-15)8-11-6-13(20)19-14(17-11)21-9-16-19/h6,9-10,12H,2-5,7-8,15H2,1H3. The molecule has 0 spiro atoms. The summed E-state index contributed by atoms with van der Waals surface area (Å²) >= 11 is 1.39. The van der Waals surface area contributed by atoms with Crippen LogP contribution < -0.4 is 11.3 Å². The lowest BCUT2D eigenvalue weighted by Gasteiger charge is -2.37. The number of fused-ring (bicyclic) bond motifs is 1. The molecule has 6 nitrogen and oxygen atoms in total. The minimum atomic E-state index is -0.108. The molecule has 1 saturated carbocycles. The predicted molar refractivity (Wildman–Crippen MR) is 83.4 cm³/mol. The van der Waals surface area contributed by atoms with E-state index in [0.717, 1.165) is 12.2 Å². The van der Waals surface area contributed by atoms with E-state index >= 15 is 0 Å². The van der Waals surface area contributed by atoms with Gasteiger partial charge in [-0.1, -0.05) is 24.2 Å². The van der Waals surface area contributed by atoms with Crippen LogP contribution in [0.2, 0.25) is 0 Å². The van der Waals surface area contributed by atoms with Gasteiger partial charge in [-0.2, -0.15) is 9.61 Å². The summed E-state index contributed by atoms with van der Waals surface area (Å²) in [6.45, 7) is 1.42. The summed E-state index contributed by atoms with van der Waals surface area (Å²) in [5.74, 6) is 0.553. The van der Waals surface area contributed by atoms with Crippen LogP contribution in [0.5, 0.6) is 0 Å². The molecule has 2 aromatic heterocycles. The Bertz CT molecular complexity index is 667. The highest BCUT2D eigenvalue weighted by Gasteiger charge is 2.27. The molecule has 114 valence electrons. The van der Waals surface area contributed by atoms with E-state index in [1.807, 2.05) is 0 Å². The highest BCUT2D eigenvalue weighted by Crippen LogP contribution is 2.27. The van der Waals surface area contributed by atoms with E-state index in [1.54, 1.807) is 11.6 Å². The first-order chi connectivity index (χ1) is 10.2. The second kappa shape index (κ2) is 6.21. The first kappa shape index (κ1) is 14.6. The average molecular weight is 307 g/mol. The first-order valence-electron chi connectivity index (χ1n) is 7.42. The average Bonchev–Trinajstić information content (AvgIpc) is 2.96. The van der Waals surface area contributed by atoms with Crippen molar-refractivity contribution in [2.75, 3.05) is 13.6 Å². The second-order valence-corrected chi connectivity index (χ2v) is 6.59. The van der Waals surface area contributed by atoms with Gasteiger partial charge in [0.05, 0.1) is 5.69 Å². The predicted octanol–water partition coefficient (Wildman–Crippen LogP) is 1.10. The summed E-state index contributed by atoms with van der Waals surface area (Å²) in [4.78, 5) is 19.5. The van der Waals surface area contributed by atoms with Crippen LogP contribution in [0.15, 0.2) is 16.4 Å². The van der Waals surface area contributed by atoms with Crippen LogP contribution in [-0.2, 0) is 6.54 Å². The molecule has 0 amide bonds. The number of hydrogen-bond acceptors (Lipinski definition) is 6. The lowest BCUT2D eigenvalue weighted by molar-refractivity contribution is 0.126. The van der Waals surface area contributed by atoms with Crippen LogP contribution in [0, 0.1) is 5.92 Å². The molecule has 0 saturated heterocycles. The Hall–Kier alpha value is -1.31. The molecule has 0 aromatic carbocycles. The van der Waals surface area contributed by atoms with E-state index in [4.69, 9.17) is 5.73 Å². The van der Waals surface area contributed by atoms with Crippen molar-refractivity contribution in [2.24, 2.45) is 11.7 Å². The van der Waals surface area contributed by atoms with Crippen LogP contribution in [0.1, 0.15) is 31.4 Å². The third-order valence-corrected chi connectivity index (χ3v) is 5.06. The summed E-state index contributed by atoms with van der Waals surface area (Å²) in [6.07, 6.45) is 4.92. The van der Waals surface area contributed by atoms with Crippen molar-refractivity contribution >= 4 is 16.3 Å². The molecule has 1 aliphatic rings. The molecule has 2 atom stereocenters. The molecule has 3 rings (SSSR count). The minimum absolute atomic E-state index is 0.108. The molecule has 21 heavy (non-hydrogen) atoms. The van der Waals surface area contributed by atoms with Gasteiger partial charge < -0.3 is 5.73 Å². The lowest BCUT2D eigenvalue weighted by atomic mass is 9.83. The Kier molecular flexibility index (Phi) is 4.32.